The highest BCUT2D eigenvalue weighted by Crippen LogP contribution is 2.42. The van der Waals surface area contributed by atoms with Gasteiger partial charge in [0.05, 0.1) is 10.8 Å². The lowest BCUT2D eigenvalue weighted by atomic mass is 9.91. The van der Waals surface area contributed by atoms with Crippen LogP contribution in [0.4, 0.5) is 17.1 Å². The third-order valence-corrected chi connectivity index (χ3v) is 4.21. The van der Waals surface area contributed by atoms with E-state index in [0.717, 1.165) is 0 Å². The van der Waals surface area contributed by atoms with Gasteiger partial charge in [0.15, 0.2) is 0 Å². The van der Waals surface area contributed by atoms with Crippen molar-refractivity contribution in [2.75, 3.05) is 10.6 Å². The highest BCUT2D eigenvalue weighted by Gasteiger charge is 2.34. The van der Waals surface area contributed by atoms with E-state index in [-0.39, 0.29) is 23.2 Å². The third-order valence-electron chi connectivity index (χ3n) is 4.21. The van der Waals surface area contributed by atoms with Crippen LogP contribution in [0, 0.1) is 16.0 Å². The number of nitrogens with zero attached hydrogens (tertiary/aromatic N) is 2. The van der Waals surface area contributed by atoms with E-state index in [9.17, 15) is 19.7 Å². The summed E-state index contributed by atoms with van der Waals surface area (Å²) in [5, 5.41) is 16.8. The molecule has 2 heterocycles. The first kappa shape index (κ1) is 17.5. The number of anilines is 2. The number of hydrogen-bond donors (Lipinski definition) is 2. The molecule has 3 rings (SSSR count). The molecule has 0 spiro atoms. The number of pyridine rings is 1. The van der Waals surface area contributed by atoms with E-state index in [1.807, 2.05) is 13.8 Å². The third kappa shape index (κ3) is 3.39. The van der Waals surface area contributed by atoms with Crippen molar-refractivity contribution in [3.8, 4) is 0 Å². The average molecular weight is 354 g/mol. The van der Waals surface area contributed by atoms with Gasteiger partial charge in [-0.1, -0.05) is 13.8 Å². The topological polar surface area (TPSA) is 114 Å². The molecule has 2 amide bonds. The number of benzene rings is 1. The fraction of sp³-hybridized carbons (Fsp3) is 0.278. The summed E-state index contributed by atoms with van der Waals surface area (Å²) in [6.07, 6.45) is 3.52. The Kier molecular flexibility index (Phi) is 4.66. The maximum Gasteiger partial charge on any atom is 0.293 e. The minimum absolute atomic E-state index is 0.0426. The molecule has 0 radical (unpaired) electrons. The van der Waals surface area contributed by atoms with Gasteiger partial charge in [0.1, 0.15) is 5.69 Å². The number of nitro groups is 1. The second-order valence-electron chi connectivity index (χ2n) is 6.58. The molecule has 2 N–H and O–H groups in total. The van der Waals surface area contributed by atoms with Crippen LogP contribution in [-0.2, 0) is 4.79 Å². The predicted molar refractivity (Wildman–Crippen MR) is 96.1 cm³/mol. The van der Waals surface area contributed by atoms with Gasteiger partial charge >= 0.3 is 0 Å². The smallest absolute Gasteiger partial charge is 0.293 e. The molecule has 0 fully saturated rings. The van der Waals surface area contributed by atoms with Crippen molar-refractivity contribution in [1.82, 2.24) is 4.98 Å². The number of carbonyl (C=O) groups is 2. The number of hydrogen-bond acceptors (Lipinski definition) is 5. The highest BCUT2D eigenvalue weighted by atomic mass is 16.6. The van der Waals surface area contributed by atoms with Crippen molar-refractivity contribution < 1.29 is 14.5 Å². The lowest BCUT2D eigenvalue weighted by molar-refractivity contribution is -0.384. The standard InChI is InChI=1S/C18H18N4O4/c1-10(2)7-13-12-8-16(22(25)26)15(9-14(12)20-18(13)24)21-17(23)11-3-5-19-6-4-11/h3-6,8-10,13H,7H2,1-2H3,(H,20,24)(H,21,23). The number of aromatic nitrogens is 1. The summed E-state index contributed by atoms with van der Waals surface area (Å²) in [6, 6.07) is 5.84. The fourth-order valence-electron chi connectivity index (χ4n) is 3.02. The van der Waals surface area contributed by atoms with Gasteiger partial charge in [-0.25, -0.2) is 0 Å². The van der Waals surface area contributed by atoms with Crippen molar-refractivity contribution in [2.24, 2.45) is 5.92 Å². The van der Waals surface area contributed by atoms with Crippen molar-refractivity contribution in [1.29, 1.82) is 0 Å². The lowest BCUT2D eigenvalue weighted by Crippen LogP contribution is -2.13. The molecule has 0 saturated heterocycles. The van der Waals surface area contributed by atoms with E-state index in [1.165, 1.54) is 36.7 Å². The number of fused-ring (bicyclic) bond motifs is 1. The molecule has 1 aromatic heterocycles. The van der Waals surface area contributed by atoms with Gasteiger partial charge in [-0.2, -0.15) is 0 Å². The van der Waals surface area contributed by atoms with Gasteiger partial charge in [-0.15, -0.1) is 0 Å². The summed E-state index contributed by atoms with van der Waals surface area (Å²) in [5.41, 5.74) is 1.22. The molecule has 8 heteroatoms. The second-order valence-corrected chi connectivity index (χ2v) is 6.58. The van der Waals surface area contributed by atoms with Crippen LogP contribution in [0.2, 0.25) is 0 Å². The molecule has 0 saturated carbocycles. The maximum atomic E-state index is 12.3. The Morgan fingerprint density at radius 1 is 1.35 bits per heavy atom. The summed E-state index contributed by atoms with van der Waals surface area (Å²) in [7, 11) is 0. The Morgan fingerprint density at radius 2 is 2.04 bits per heavy atom. The minimum Gasteiger partial charge on any atom is -0.325 e. The highest BCUT2D eigenvalue weighted by molar-refractivity contribution is 6.08. The Labute approximate surface area is 149 Å². The molecule has 2 aromatic rings. The van der Waals surface area contributed by atoms with Crippen LogP contribution >= 0.6 is 0 Å². The second kappa shape index (κ2) is 6.91. The summed E-state index contributed by atoms with van der Waals surface area (Å²) in [6.45, 7) is 3.98. The Morgan fingerprint density at radius 3 is 2.65 bits per heavy atom. The molecule has 0 aliphatic carbocycles. The van der Waals surface area contributed by atoms with Crippen LogP contribution in [-0.4, -0.2) is 21.7 Å². The number of amides is 2. The summed E-state index contributed by atoms with van der Waals surface area (Å²) in [5.74, 6) is -0.824. The van der Waals surface area contributed by atoms with Crippen LogP contribution in [0.5, 0.6) is 0 Å². The van der Waals surface area contributed by atoms with Gasteiger partial charge in [0.25, 0.3) is 11.6 Å². The SMILES string of the molecule is CC(C)CC1C(=O)Nc2cc(NC(=O)c3ccncc3)c([N+](=O)[O-])cc21. The number of carbonyl (C=O) groups excluding carboxylic acids is 2. The van der Waals surface area contributed by atoms with E-state index in [4.69, 9.17) is 0 Å². The van der Waals surface area contributed by atoms with Crippen LogP contribution < -0.4 is 10.6 Å². The molecule has 1 aliphatic heterocycles. The molecule has 1 aromatic carbocycles. The van der Waals surface area contributed by atoms with Crippen molar-refractivity contribution in [3.63, 3.8) is 0 Å². The van der Waals surface area contributed by atoms with Gasteiger partial charge in [0.2, 0.25) is 5.91 Å². The molecule has 8 nitrogen and oxygen atoms in total. The first-order valence-corrected chi connectivity index (χ1v) is 8.21. The predicted octanol–water partition coefficient (Wildman–Crippen LogP) is 3.32. The number of nitro benzene ring substituents is 1. The van der Waals surface area contributed by atoms with Crippen molar-refractivity contribution >= 4 is 28.9 Å². The van der Waals surface area contributed by atoms with Crippen molar-refractivity contribution in [3.05, 3.63) is 57.9 Å². The van der Waals surface area contributed by atoms with E-state index in [0.29, 0.717) is 23.2 Å². The Bertz CT molecular complexity index is 880. The maximum absolute atomic E-state index is 12.3. The zero-order chi connectivity index (χ0) is 18.8. The minimum atomic E-state index is -0.558. The van der Waals surface area contributed by atoms with Crippen LogP contribution in [0.25, 0.3) is 0 Å². The first-order chi connectivity index (χ1) is 12.4. The van der Waals surface area contributed by atoms with Gasteiger partial charge in [-0.3, -0.25) is 24.7 Å². The van der Waals surface area contributed by atoms with E-state index < -0.39 is 16.7 Å². The average Bonchev–Trinajstić information content (AvgIpc) is 2.89. The van der Waals surface area contributed by atoms with Gasteiger partial charge in [0, 0.05) is 29.7 Å². The largest absolute Gasteiger partial charge is 0.325 e. The summed E-state index contributed by atoms with van der Waals surface area (Å²) < 4.78 is 0. The first-order valence-electron chi connectivity index (χ1n) is 8.21. The number of rotatable bonds is 5. The Balaban J connectivity index is 1.97. The van der Waals surface area contributed by atoms with Crippen LogP contribution in [0.1, 0.15) is 42.1 Å². The molecule has 0 bridgehead atoms. The molecular weight excluding hydrogens is 336 g/mol. The molecule has 1 unspecified atom stereocenters. The van der Waals surface area contributed by atoms with E-state index in [1.54, 1.807) is 0 Å². The monoisotopic (exact) mass is 354 g/mol. The summed E-state index contributed by atoms with van der Waals surface area (Å²) in [4.78, 5) is 39.3. The van der Waals surface area contributed by atoms with Crippen molar-refractivity contribution in [2.45, 2.75) is 26.2 Å². The van der Waals surface area contributed by atoms with Gasteiger partial charge in [-0.05, 0) is 36.1 Å². The summed E-state index contributed by atoms with van der Waals surface area (Å²) >= 11 is 0. The zero-order valence-electron chi connectivity index (χ0n) is 14.4. The molecule has 134 valence electrons. The fourth-order valence-corrected chi connectivity index (χ4v) is 3.02. The van der Waals surface area contributed by atoms with Crippen LogP contribution in [0.3, 0.4) is 0 Å². The lowest BCUT2D eigenvalue weighted by Gasteiger charge is -2.12. The molecular formula is C18H18N4O4. The van der Waals surface area contributed by atoms with Gasteiger partial charge < -0.3 is 10.6 Å². The zero-order valence-corrected chi connectivity index (χ0v) is 14.4. The molecule has 26 heavy (non-hydrogen) atoms. The molecule has 1 aliphatic rings. The van der Waals surface area contributed by atoms with E-state index in [2.05, 4.69) is 15.6 Å². The number of nitrogens with one attached hydrogen (secondary N) is 2. The van der Waals surface area contributed by atoms with Crippen LogP contribution in [0.15, 0.2) is 36.7 Å². The van der Waals surface area contributed by atoms with E-state index >= 15 is 0 Å². The molecule has 1 atom stereocenters. The quantitative estimate of drug-likeness (QED) is 0.631. The normalized spacial score (nSPS) is 15.5. The Hall–Kier alpha value is -3.29.